The van der Waals surface area contributed by atoms with Crippen molar-refractivity contribution in [1.29, 1.82) is 0 Å². The number of amides is 4. The third-order valence-corrected chi connectivity index (χ3v) is 5.16. The Kier molecular flexibility index (Phi) is 11.2. The Morgan fingerprint density at radius 1 is 1.00 bits per heavy atom. The Hall–Kier alpha value is -3.26. The van der Waals surface area contributed by atoms with Crippen molar-refractivity contribution in [2.75, 3.05) is 13.1 Å². The van der Waals surface area contributed by atoms with Crippen molar-refractivity contribution >= 4 is 35.6 Å². The SMILES string of the molecule is NCCCCC(N)C(=O)N1CCCC1C(=O)NC(CC(=O)O)C(=O)NC(CC(N)=O)C(=O)O. The molecule has 0 saturated carbocycles. The average molecular weight is 472 g/mol. The van der Waals surface area contributed by atoms with Crippen LogP contribution in [0.5, 0.6) is 0 Å². The topological polar surface area (TPSA) is 248 Å². The maximum atomic E-state index is 12.8. The molecule has 4 atom stereocenters. The highest BCUT2D eigenvalue weighted by molar-refractivity contribution is 5.96. The van der Waals surface area contributed by atoms with Gasteiger partial charge in [0.05, 0.1) is 18.9 Å². The van der Waals surface area contributed by atoms with Crippen LogP contribution >= 0.6 is 0 Å². The molecule has 0 aromatic rings. The summed E-state index contributed by atoms with van der Waals surface area (Å²) >= 11 is 0. The first-order valence-corrected chi connectivity index (χ1v) is 10.6. The van der Waals surface area contributed by atoms with E-state index in [2.05, 4.69) is 5.32 Å². The highest BCUT2D eigenvalue weighted by Crippen LogP contribution is 2.19. The van der Waals surface area contributed by atoms with Gasteiger partial charge in [0.1, 0.15) is 18.1 Å². The Morgan fingerprint density at radius 3 is 2.21 bits per heavy atom. The van der Waals surface area contributed by atoms with Gasteiger partial charge in [0.15, 0.2) is 0 Å². The minimum absolute atomic E-state index is 0.275. The van der Waals surface area contributed by atoms with Crippen molar-refractivity contribution in [3.05, 3.63) is 0 Å². The van der Waals surface area contributed by atoms with E-state index in [1.807, 2.05) is 5.32 Å². The maximum Gasteiger partial charge on any atom is 0.326 e. The quantitative estimate of drug-likeness (QED) is 0.125. The number of hydrogen-bond donors (Lipinski definition) is 7. The van der Waals surface area contributed by atoms with Crippen LogP contribution in [-0.4, -0.2) is 87.9 Å². The number of carboxylic acids is 2. The molecule has 14 heteroatoms. The van der Waals surface area contributed by atoms with E-state index in [4.69, 9.17) is 27.4 Å². The fraction of sp³-hybridized carbons (Fsp3) is 0.684. The van der Waals surface area contributed by atoms with E-state index in [0.717, 1.165) is 0 Å². The van der Waals surface area contributed by atoms with Crippen LogP contribution in [0.4, 0.5) is 0 Å². The zero-order valence-corrected chi connectivity index (χ0v) is 18.2. The molecule has 4 unspecified atom stereocenters. The third-order valence-electron chi connectivity index (χ3n) is 5.16. The third kappa shape index (κ3) is 9.02. The molecule has 186 valence electrons. The van der Waals surface area contributed by atoms with Crippen LogP contribution in [0.1, 0.15) is 44.9 Å². The van der Waals surface area contributed by atoms with Crippen LogP contribution in [0.3, 0.4) is 0 Å². The second-order valence-electron chi connectivity index (χ2n) is 7.81. The number of nitrogens with two attached hydrogens (primary N) is 3. The lowest BCUT2D eigenvalue weighted by atomic mass is 10.1. The Bertz CT molecular complexity index is 761. The van der Waals surface area contributed by atoms with Crippen molar-refractivity contribution in [1.82, 2.24) is 15.5 Å². The molecular formula is C19H32N6O8. The second kappa shape index (κ2) is 13.3. The van der Waals surface area contributed by atoms with E-state index in [0.29, 0.717) is 32.2 Å². The van der Waals surface area contributed by atoms with Gasteiger partial charge < -0.3 is 42.9 Å². The van der Waals surface area contributed by atoms with E-state index in [-0.39, 0.29) is 13.0 Å². The predicted octanol–water partition coefficient (Wildman–Crippen LogP) is -3.16. The number of carboxylic acid groups (broad SMARTS) is 2. The van der Waals surface area contributed by atoms with Crippen LogP contribution < -0.4 is 27.8 Å². The summed E-state index contributed by atoms with van der Waals surface area (Å²) in [4.78, 5) is 72.7. The van der Waals surface area contributed by atoms with Gasteiger partial charge in [-0.05, 0) is 32.2 Å². The monoisotopic (exact) mass is 472 g/mol. The van der Waals surface area contributed by atoms with E-state index in [9.17, 15) is 28.8 Å². The van der Waals surface area contributed by atoms with Crippen LogP contribution in [0.2, 0.25) is 0 Å². The molecule has 1 aliphatic rings. The molecule has 0 aromatic heterocycles. The van der Waals surface area contributed by atoms with Gasteiger partial charge in [-0.2, -0.15) is 0 Å². The molecule has 10 N–H and O–H groups in total. The molecule has 0 bridgehead atoms. The molecule has 0 spiro atoms. The van der Waals surface area contributed by atoms with Gasteiger partial charge >= 0.3 is 11.9 Å². The first kappa shape index (κ1) is 27.8. The maximum absolute atomic E-state index is 12.8. The van der Waals surface area contributed by atoms with Crippen LogP contribution in [-0.2, 0) is 28.8 Å². The van der Waals surface area contributed by atoms with E-state index in [1.54, 1.807) is 0 Å². The predicted molar refractivity (Wildman–Crippen MR) is 113 cm³/mol. The van der Waals surface area contributed by atoms with Crippen molar-refractivity contribution in [3.8, 4) is 0 Å². The van der Waals surface area contributed by atoms with Crippen molar-refractivity contribution < 1.29 is 39.0 Å². The molecule has 1 saturated heterocycles. The summed E-state index contributed by atoms with van der Waals surface area (Å²) in [6, 6.07) is -5.11. The summed E-state index contributed by atoms with van der Waals surface area (Å²) in [5.41, 5.74) is 16.3. The first-order chi connectivity index (χ1) is 15.5. The highest BCUT2D eigenvalue weighted by Gasteiger charge is 2.38. The molecule has 1 heterocycles. The number of hydrogen-bond acceptors (Lipinski definition) is 8. The number of rotatable bonds is 14. The molecule has 14 nitrogen and oxygen atoms in total. The molecule has 33 heavy (non-hydrogen) atoms. The normalized spacial score (nSPS) is 18.1. The van der Waals surface area contributed by atoms with Crippen molar-refractivity contribution in [2.45, 2.75) is 69.1 Å². The summed E-state index contributed by atoms with van der Waals surface area (Å²) in [5, 5.41) is 22.5. The fourth-order valence-electron chi connectivity index (χ4n) is 3.47. The standard InChI is InChI=1S/C19H32N6O8/c20-6-2-1-4-10(21)18(31)25-7-3-5-13(25)17(30)23-11(9-15(27)28)16(29)24-12(19(32)33)8-14(22)26/h10-13H,1-9,20-21H2,(H2,22,26)(H,23,30)(H,24,29)(H,27,28)(H,32,33). The number of unbranched alkanes of at least 4 members (excludes halogenated alkanes) is 1. The van der Waals surface area contributed by atoms with Crippen LogP contribution in [0.15, 0.2) is 0 Å². The summed E-state index contributed by atoms with van der Waals surface area (Å²) in [6.45, 7) is 0.738. The number of aliphatic carboxylic acids is 2. The lowest BCUT2D eigenvalue weighted by Crippen LogP contribution is -2.57. The molecule has 0 radical (unpaired) electrons. The summed E-state index contributed by atoms with van der Waals surface area (Å²) in [6.07, 6.45) is 0.959. The zero-order chi connectivity index (χ0) is 25.1. The van der Waals surface area contributed by atoms with Gasteiger partial charge in [0.25, 0.3) is 0 Å². The van der Waals surface area contributed by atoms with E-state index >= 15 is 0 Å². The minimum Gasteiger partial charge on any atom is -0.481 e. The summed E-state index contributed by atoms with van der Waals surface area (Å²) in [7, 11) is 0. The van der Waals surface area contributed by atoms with Gasteiger partial charge in [-0.1, -0.05) is 6.42 Å². The number of carbonyl (C=O) groups is 6. The van der Waals surface area contributed by atoms with Gasteiger partial charge in [0.2, 0.25) is 23.6 Å². The molecule has 0 aliphatic carbocycles. The number of primary amides is 1. The largest absolute Gasteiger partial charge is 0.481 e. The molecule has 1 rings (SSSR count). The van der Waals surface area contributed by atoms with Crippen LogP contribution in [0, 0.1) is 0 Å². The van der Waals surface area contributed by atoms with Crippen molar-refractivity contribution in [2.24, 2.45) is 17.2 Å². The van der Waals surface area contributed by atoms with Gasteiger partial charge in [-0.25, -0.2) is 4.79 Å². The number of nitrogens with zero attached hydrogens (tertiary/aromatic N) is 1. The van der Waals surface area contributed by atoms with Crippen LogP contribution in [0.25, 0.3) is 0 Å². The Labute approximate surface area is 190 Å². The molecular weight excluding hydrogens is 440 g/mol. The van der Waals surface area contributed by atoms with Crippen molar-refractivity contribution in [3.63, 3.8) is 0 Å². The second-order valence-corrected chi connectivity index (χ2v) is 7.81. The smallest absolute Gasteiger partial charge is 0.326 e. The fourth-order valence-corrected chi connectivity index (χ4v) is 3.47. The lowest BCUT2D eigenvalue weighted by Gasteiger charge is -2.28. The van der Waals surface area contributed by atoms with E-state index in [1.165, 1.54) is 4.90 Å². The summed E-state index contributed by atoms with van der Waals surface area (Å²) in [5.74, 6) is -6.30. The molecule has 0 aromatic carbocycles. The zero-order valence-electron chi connectivity index (χ0n) is 18.2. The minimum atomic E-state index is -1.70. The van der Waals surface area contributed by atoms with Gasteiger partial charge in [-0.3, -0.25) is 24.0 Å². The number of nitrogens with one attached hydrogen (secondary N) is 2. The highest BCUT2D eigenvalue weighted by atomic mass is 16.4. The Morgan fingerprint density at radius 2 is 1.67 bits per heavy atom. The average Bonchev–Trinajstić information content (AvgIpc) is 3.21. The molecule has 1 fully saturated rings. The van der Waals surface area contributed by atoms with E-state index < -0.39 is 72.6 Å². The number of likely N-dealkylation sites (tertiary alicyclic amines) is 1. The molecule has 4 amide bonds. The number of carbonyl (C=O) groups excluding carboxylic acids is 4. The summed E-state index contributed by atoms with van der Waals surface area (Å²) < 4.78 is 0. The first-order valence-electron chi connectivity index (χ1n) is 10.6. The lowest BCUT2D eigenvalue weighted by molar-refractivity contribution is -0.145. The van der Waals surface area contributed by atoms with Gasteiger partial charge in [-0.15, -0.1) is 0 Å². The van der Waals surface area contributed by atoms with Gasteiger partial charge in [0, 0.05) is 6.54 Å². The molecule has 1 aliphatic heterocycles. The Balaban J connectivity index is 2.88.